The van der Waals surface area contributed by atoms with Crippen LogP contribution in [0.4, 0.5) is 5.13 Å². The van der Waals surface area contributed by atoms with E-state index in [1.807, 2.05) is 47.4 Å². The maximum Gasteiger partial charge on any atom is 0.228 e. The highest BCUT2D eigenvalue weighted by molar-refractivity contribution is 7.99. The van der Waals surface area contributed by atoms with Crippen LogP contribution < -0.4 is 4.90 Å². The maximum atomic E-state index is 13.2. The molecule has 1 aromatic heterocycles. The average molecular weight is 497 g/mol. The highest BCUT2D eigenvalue weighted by atomic mass is 35.5. The van der Waals surface area contributed by atoms with Gasteiger partial charge in [0.2, 0.25) is 5.91 Å². The number of fused-ring (bicyclic) bond motifs is 1. The molecule has 8 heteroatoms. The lowest BCUT2D eigenvalue weighted by Gasteiger charge is -2.24. The maximum absolute atomic E-state index is 13.2. The van der Waals surface area contributed by atoms with Gasteiger partial charge in [-0.15, -0.1) is 11.8 Å². The molecule has 0 aliphatic carbocycles. The number of thioether (sulfide) groups is 1. The Hall–Kier alpha value is -1.31. The second-order valence-corrected chi connectivity index (χ2v) is 10.1. The number of aromatic nitrogens is 1. The van der Waals surface area contributed by atoms with Gasteiger partial charge in [-0.05, 0) is 67.7 Å². The number of nitrogens with zero attached hydrogens (tertiary/aromatic N) is 3. The number of thiazole rings is 1. The van der Waals surface area contributed by atoms with Crippen LogP contribution in [-0.4, -0.2) is 47.7 Å². The lowest BCUT2D eigenvalue weighted by atomic mass is 10.3. The summed E-state index contributed by atoms with van der Waals surface area (Å²) >= 11 is 15.3. The molecule has 0 radical (unpaired) electrons. The van der Waals surface area contributed by atoms with E-state index in [1.165, 1.54) is 16.2 Å². The Morgan fingerprint density at radius 2 is 1.74 bits per heavy atom. The van der Waals surface area contributed by atoms with Crippen LogP contribution in [0.1, 0.15) is 26.7 Å². The molecular weight excluding hydrogens is 469 g/mol. The van der Waals surface area contributed by atoms with Gasteiger partial charge in [-0.3, -0.25) is 9.69 Å². The van der Waals surface area contributed by atoms with Crippen LogP contribution in [0, 0.1) is 0 Å². The van der Waals surface area contributed by atoms with Gasteiger partial charge in [0.25, 0.3) is 0 Å². The van der Waals surface area contributed by atoms with Crippen LogP contribution in [0.3, 0.4) is 0 Å². The summed E-state index contributed by atoms with van der Waals surface area (Å²) in [5.41, 5.74) is 0.878. The van der Waals surface area contributed by atoms with Crippen LogP contribution >= 0.6 is 46.3 Å². The number of rotatable bonds is 11. The number of hydrogen-bond acceptors (Lipinski definition) is 5. The van der Waals surface area contributed by atoms with Crippen molar-refractivity contribution in [2.75, 3.05) is 36.8 Å². The second-order valence-electron chi connectivity index (χ2n) is 7.09. The fourth-order valence-electron chi connectivity index (χ4n) is 3.19. The van der Waals surface area contributed by atoms with E-state index in [-0.39, 0.29) is 5.91 Å². The first-order valence-corrected chi connectivity index (χ1v) is 13.0. The van der Waals surface area contributed by atoms with Crippen molar-refractivity contribution in [3.63, 3.8) is 0 Å². The first-order valence-electron chi connectivity index (χ1n) is 10.5. The summed E-state index contributed by atoms with van der Waals surface area (Å²) in [4.78, 5) is 23.2. The smallest absolute Gasteiger partial charge is 0.228 e. The van der Waals surface area contributed by atoms with Crippen LogP contribution in [0.2, 0.25) is 10.0 Å². The molecule has 166 valence electrons. The Balaban J connectivity index is 1.65. The molecule has 0 fully saturated rings. The normalized spacial score (nSPS) is 11.4. The topological polar surface area (TPSA) is 36.4 Å². The number of hydrogen-bond donors (Lipinski definition) is 0. The Labute approximate surface area is 202 Å². The molecule has 0 aliphatic heterocycles. The molecule has 0 saturated heterocycles. The third kappa shape index (κ3) is 7.09. The Morgan fingerprint density at radius 1 is 1.03 bits per heavy atom. The average Bonchev–Trinajstić information content (AvgIpc) is 3.18. The number of benzene rings is 2. The monoisotopic (exact) mass is 495 g/mol. The SMILES string of the molecule is CCN(CC)CCN(C(=O)CCCSc1ccc(Cl)cc1)c1nc2ccc(Cl)cc2s1. The summed E-state index contributed by atoms with van der Waals surface area (Å²) in [5.74, 6) is 1.00. The molecule has 1 heterocycles. The van der Waals surface area contributed by atoms with Gasteiger partial charge in [0.05, 0.1) is 10.2 Å². The molecule has 0 unspecified atom stereocenters. The molecule has 0 saturated carbocycles. The summed E-state index contributed by atoms with van der Waals surface area (Å²) in [6, 6.07) is 13.5. The molecule has 0 bridgehead atoms. The van der Waals surface area contributed by atoms with Crippen LogP contribution in [-0.2, 0) is 4.79 Å². The molecule has 3 rings (SSSR count). The van der Waals surface area contributed by atoms with Crippen molar-refractivity contribution in [2.24, 2.45) is 0 Å². The van der Waals surface area contributed by atoms with Crippen molar-refractivity contribution in [1.29, 1.82) is 0 Å². The van der Waals surface area contributed by atoms with Gasteiger partial charge in [0.1, 0.15) is 0 Å². The van der Waals surface area contributed by atoms with Crippen LogP contribution in [0.15, 0.2) is 47.4 Å². The van der Waals surface area contributed by atoms with E-state index in [9.17, 15) is 4.79 Å². The highest BCUT2D eigenvalue weighted by Crippen LogP contribution is 2.31. The number of halogens is 2. The summed E-state index contributed by atoms with van der Waals surface area (Å²) in [6.45, 7) is 7.68. The van der Waals surface area contributed by atoms with Crippen molar-refractivity contribution < 1.29 is 4.79 Å². The molecule has 2 aromatic carbocycles. The molecule has 4 nitrogen and oxygen atoms in total. The van der Waals surface area contributed by atoms with Gasteiger partial charge in [-0.25, -0.2) is 4.98 Å². The van der Waals surface area contributed by atoms with E-state index in [0.717, 1.165) is 52.2 Å². The molecule has 0 aliphatic rings. The minimum Gasteiger partial charge on any atom is -0.302 e. The van der Waals surface area contributed by atoms with E-state index in [2.05, 4.69) is 18.7 Å². The molecule has 0 atom stereocenters. The third-order valence-electron chi connectivity index (χ3n) is 5.02. The summed E-state index contributed by atoms with van der Waals surface area (Å²) in [5, 5.41) is 2.17. The number of likely N-dealkylation sites (N-methyl/N-ethyl adjacent to an activating group) is 1. The van der Waals surface area contributed by atoms with Crippen LogP contribution in [0.25, 0.3) is 10.2 Å². The first-order chi connectivity index (χ1) is 15.0. The predicted molar refractivity (Wildman–Crippen MR) is 136 cm³/mol. The standard InChI is InChI=1S/C23H27Cl2N3OS2/c1-3-27(4-2)13-14-28(23-26-20-12-9-18(25)16-21(20)31-23)22(29)6-5-15-30-19-10-7-17(24)8-11-19/h7-12,16H,3-6,13-15H2,1-2H3. The Kier molecular flexibility index (Phi) is 9.48. The Bertz CT molecular complexity index is 990. The van der Waals surface area contributed by atoms with Gasteiger partial charge in [-0.2, -0.15) is 0 Å². The minimum absolute atomic E-state index is 0.119. The third-order valence-corrected chi connectivity index (χ3v) is 7.65. The van der Waals surface area contributed by atoms with Gasteiger partial charge < -0.3 is 4.90 Å². The summed E-state index contributed by atoms with van der Waals surface area (Å²) < 4.78 is 1.00. The van der Waals surface area contributed by atoms with E-state index < -0.39 is 0 Å². The fourth-order valence-corrected chi connectivity index (χ4v) is 5.45. The number of amides is 1. The van der Waals surface area contributed by atoms with Crippen molar-refractivity contribution in [1.82, 2.24) is 9.88 Å². The molecule has 3 aromatic rings. The zero-order valence-corrected chi connectivity index (χ0v) is 21.0. The number of carbonyl (C=O) groups excluding carboxylic acids is 1. The summed E-state index contributed by atoms with van der Waals surface area (Å²) in [7, 11) is 0. The zero-order chi connectivity index (χ0) is 22.2. The fraction of sp³-hybridized carbons (Fsp3) is 0.391. The molecule has 0 spiro atoms. The molecule has 0 N–H and O–H groups in total. The number of anilines is 1. The minimum atomic E-state index is 0.119. The molecule has 31 heavy (non-hydrogen) atoms. The molecular formula is C23H27Cl2N3OS2. The van der Waals surface area contributed by atoms with Gasteiger partial charge in [0.15, 0.2) is 5.13 Å². The number of carbonyl (C=O) groups is 1. The first kappa shape index (κ1) is 24.3. The van der Waals surface area contributed by atoms with Crippen molar-refractivity contribution in [3.8, 4) is 0 Å². The van der Waals surface area contributed by atoms with Gasteiger partial charge in [-0.1, -0.05) is 48.4 Å². The largest absolute Gasteiger partial charge is 0.302 e. The molecule has 1 amide bonds. The van der Waals surface area contributed by atoms with E-state index in [0.29, 0.717) is 18.0 Å². The van der Waals surface area contributed by atoms with Gasteiger partial charge in [0, 0.05) is 34.5 Å². The van der Waals surface area contributed by atoms with E-state index >= 15 is 0 Å². The lowest BCUT2D eigenvalue weighted by molar-refractivity contribution is -0.118. The zero-order valence-electron chi connectivity index (χ0n) is 17.8. The van der Waals surface area contributed by atoms with Crippen molar-refractivity contribution >= 4 is 67.6 Å². The summed E-state index contributed by atoms with van der Waals surface area (Å²) in [6.07, 6.45) is 1.31. The Morgan fingerprint density at radius 3 is 2.45 bits per heavy atom. The highest BCUT2D eigenvalue weighted by Gasteiger charge is 2.20. The second kappa shape index (κ2) is 12.1. The van der Waals surface area contributed by atoms with E-state index in [4.69, 9.17) is 28.2 Å². The predicted octanol–water partition coefficient (Wildman–Crippen LogP) is 6.85. The van der Waals surface area contributed by atoms with Crippen molar-refractivity contribution in [3.05, 3.63) is 52.5 Å². The van der Waals surface area contributed by atoms with Gasteiger partial charge >= 0.3 is 0 Å². The van der Waals surface area contributed by atoms with E-state index in [1.54, 1.807) is 11.8 Å². The van der Waals surface area contributed by atoms with Crippen molar-refractivity contribution in [2.45, 2.75) is 31.6 Å². The van der Waals surface area contributed by atoms with Crippen LogP contribution in [0.5, 0.6) is 0 Å². The quantitative estimate of drug-likeness (QED) is 0.215. The lowest BCUT2D eigenvalue weighted by Crippen LogP contribution is -2.38.